The topological polar surface area (TPSA) is 64.0 Å². The first-order valence-electron chi connectivity index (χ1n) is 9.59. The molecule has 0 atom stereocenters. The van der Waals surface area contributed by atoms with Gasteiger partial charge < -0.3 is 5.32 Å². The molecule has 0 aliphatic carbocycles. The number of aryl methyl sites for hydroxylation is 2. The number of hydrogen-bond donors (Lipinski definition) is 1. The molecule has 0 radical (unpaired) electrons. The number of amides is 1. The van der Waals surface area contributed by atoms with Crippen molar-refractivity contribution in [3.05, 3.63) is 82.3 Å². The molecule has 0 saturated heterocycles. The van der Waals surface area contributed by atoms with Crippen molar-refractivity contribution in [1.82, 2.24) is 9.55 Å². The molecular weight excluding hydrogens is 350 g/mol. The molecule has 1 heterocycles. The van der Waals surface area contributed by atoms with Crippen molar-refractivity contribution in [3.8, 4) is 11.4 Å². The minimum atomic E-state index is -0.258. The number of nitrogens with zero attached hydrogens (tertiary/aromatic N) is 2. The van der Waals surface area contributed by atoms with Crippen LogP contribution in [0.1, 0.15) is 31.0 Å². The van der Waals surface area contributed by atoms with E-state index >= 15 is 0 Å². The van der Waals surface area contributed by atoms with Crippen molar-refractivity contribution in [2.45, 2.75) is 39.7 Å². The van der Waals surface area contributed by atoms with E-state index in [2.05, 4.69) is 17.2 Å². The van der Waals surface area contributed by atoms with E-state index in [0.717, 1.165) is 30.5 Å². The molecule has 0 spiro atoms. The highest BCUT2D eigenvalue weighted by molar-refractivity contribution is 5.90. The molecule has 0 fully saturated rings. The molecule has 1 amide bonds. The zero-order valence-electron chi connectivity index (χ0n) is 16.3. The molecule has 3 rings (SSSR count). The lowest BCUT2D eigenvalue weighted by molar-refractivity contribution is -0.116. The largest absolute Gasteiger partial charge is 0.325 e. The molecule has 5 nitrogen and oxygen atoms in total. The van der Waals surface area contributed by atoms with Gasteiger partial charge in [0.05, 0.1) is 0 Å². The lowest BCUT2D eigenvalue weighted by Gasteiger charge is -2.13. The lowest BCUT2D eigenvalue weighted by Crippen LogP contribution is -2.29. The third kappa shape index (κ3) is 4.94. The van der Waals surface area contributed by atoms with Crippen molar-refractivity contribution >= 4 is 11.6 Å². The van der Waals surface area contributed by atoms with Crippen LogP contribution in [-0.4, -0.2) is 15.5 Å². The Hall–Kier alpha value is -3.21. The average Bonchev–Trinajstić information content (AvgIpc) is 2.70. The molecule has 0 aliphatic heterocycles. The van der Waals surface area contributed by atoms with Gasteiger partial charge in [0.15, 0.2) is 0 Å². The van der Waals surface area contributed by atoms with Gasteiger partial charge in [0, 0.05) is 23.0 Å². The summed E-state index contributed by atoms with van der Waals surface area (Å²) in [6.07, 6.45) is 3.34. The number of nitrogens with one attached hydrogen (secondary N) is 1. The fourth-order valence-electron chi connectivity index (χ4n) is 3.06. The van der Waals surface area contributed by atoms with Gasteiger partial charge in [-0.05, 0) is 37.5 Å². The number of anilines is 1. The quantitative estimate of drug-likeness (QED) is 0.673. The van der Waals surface area contributed by atoms with Gasteiger partial charge in [0.1, 0.15) is 12.4 Å². The van der Waals surface area contributed by atoms with Gasteiger partial charge in [-0.1, -0.05) is 55.8 Å². The van der Waals surface area contributed by atoms with E-state index in [1.807, 2.05) is 54.6 Å². The molecule has 28 heavy (non-hydrogen) atoms. The van der Waals surface area contributed by atoms with Crippen LogP contribution in [0.5, 0.6) is 0 Å². The van der Waals surface area contributed by atoms with Crippen LogP contribution < -0.4 is 10.9 Å². The molecule has 1 N–H and O–H groups in total. The minimum Gasteiger partial charge on any atom is -0.325 e. The number of unbranched alkanes of at least 4 members (excludes halogenated alkanes) is 1. The zero-order chi connectivity index (χ0) is 19.9. The van der Waals surface area contributed by atoms with Gasteiger partial charge >= 0.3 is 0 Å². The lowest BCUT2D eigenvalue weighted by atomic mass is 10.1. The maximum atomic E-state index is 12.6. The van der Waals surface area contributed by atoms with E-state index in [0.29, 0.717) is 11.5 Å². The fourth-order valence-corrected chi connectivity index (χ4v) is 3.06. The third-order valence-electron chi connectivity index (χ3n) is 4.53. The van der Waals surface area contributed by atoms with Crippen LogP contribution in [0.3, 0.4) is 0 Å². The zero-order valence-corrected chi connectivity index (χ0v) is 16.3. The van der Waals surface area contributed by atoms with Crippen LogP contribution in [0.4, 0.5) is 5.69 Å². The Morgan fingerprint density at radius 3 is 2.46 bits per heavy atom. The van der Waals surface area contributed by atoms with Gasteiger partial charge in [0.25, 0.3) is 5.56 Å². The fraction of sp³-hybridized carbons (Fsp3) is 0.261. The Balaban J connectivity index is 1.78. The van der Waals surface area contributed by atoms with E-state index < -0.39 is 0 Å². The maximum Gasteiger partial charge on any atom is 0.254 e. The van der Waals surface area contributed by atoms with E-state index in [-0.39, 0.29) is 18.0 Å². The van der Waals surface area contributed by atoms with Crippen molar-refractivity contribution in [2.24, 2.45) is 0 Å². The highest BCUT2D eigenvalue weighted by Crippen LogP contribution is 2.16. The summed E-state index contributed by atoms with van der Waals surface area (Å²) in [5, 5.41) is 2.87. The Kier molecular flexibility index (Phi) is 6.37. The number of carbonyl (C=O) groups is 1. The average molecular weight is 375 g/mol. The molecule has 0 saturated carbocycles. The number of aromatic nitrogens is 2. The first-order valence-corrected chi connectivity index (χ1v) is 9.59. The molecule has 1 aromatic heterocycles. The second kappa shape index (κ2) is 9.13. The summed E-state index contributed by atoms with van der Waals surface area (Å²) < 4.78 is 1.41. The van der Waals surface area contributed by atoms with E-state index in [1.165, 1.54) is 16.2 Å². The highest BCUT2D eigenvalue weighted by Gasteiger charge is 2.13. The van der Waals surface area contributed by atoms with E-state index in [9.17, 15) is 9.59 Å². The standard InChI is InChI=1S/C23H25N3O2/c1-3-4-8-18-11-13-20(14-12-18)25-21(27)16-26-22(28)15-17(2)24-23(26)19-9-6-5-7-10-19/h5-7,9-15H,3-4,8,16H2,1-2H3,(H,25,27). The monoisotopic (exact) mass is 375 g/mol. The van der Waals surface area contributed by atoms with Crippen molar-refractivity contribution in [2.75, 3.05) is 5.32 Å². The van der Waals surface area contributed by atoms with Gasteiger partial charge in [-0.15, -0.1) is 0 Å². The summed E-state index contributed by atoms with van der Waals surface area (Å²) in [4.78, 5) is 29.6. The van der Waals surface area contributed by atoms with Crippen molar-refractivity contribution < 1.29 is 4.79 Å². The second-order valence-electron chi connectivity index (χ2n) is 6.86. The molecule has 0 aliphatic rings. The van der Waals surface area contributed by atoms with Crippen LogP contribution in [0.15, 0.2) is 65.5 Å². The molecule has 0 unspecified atom stereocenters. The van der Waals surface area contributed by atoms with Crippen LogP contribution in [0.25, 0.3) is 11.4 Å². The first-order chi connectivity index (χ1) is 13.6. The third-order valence-corrected chi connectivity index (χ3v) is 4.53. The molecule has 3 aromatic rings. The summed E-state index contributed by atoms with van der Waals surface area (Å²) in [5.74, 6) is 0.238. The van der Waals surface area contributed by atoms with Gasteiger partial charge in [0.2, 0.25) is 5.91 Å². The summed E-state index contributed by atoms with van der Waals surface area (Å²) in [6, 6.07) is 18.7. The highest BCUT2D eigenvalue weighted by atomic mass is 16.2. The Morgan fingerprint density at radius 1 is 1.07 bits per heavy atom. The van der Waals surface area contributed by atoms with Gasteiger partial charge in [-0.3, -0.25) is 14.2 Å². The molecule has 0 bridgehead atoms. The number of hydrogen-bond acceptors (Lipinski definition) is 3. The van der Waals surface area contributed by atoms with Crippen LogP contribution in [0, 0.1) is 6.92 Å². The summed E-state index contributed by atoms with van der Waals surface area (Å²) >= 11 is 0. The second-order valence-corrected chi connectivity index (χ2v) is 6.86. The van der Waals surface area contributed by atoms with Crippen molar-refractivity contribution in [3.63, 3.8) is 0 Å². The summed E-state index contributed by atoms with van der Waals surface area (Å²) in [6.45, 7) is 3.85. The Morgan fingerprint density at radius 2 is 1.79 bits per heavy atom. The Bertz CT molecular complexity index is 993. The number of rotatable bonds is 7. The first kappa shape index (κ1) is 19.5. The van der Waals surface area contributed by atoms with Gasteiger partial charge in [-0.25, -0.2) is 4.98 Å². The number of benzene rings is 2. The minimum absolute atomic E-state index is 0.0894. The van der Waals surface area contributed by atoms with Crippen molar-refractivity contribution in [1.29, 1.82) is 0 Å². The molecule has 144 valence electrons. The normalized spacial score (nSPS) is 10.6. The van der Waals surface area contributed by atoms with Crippen LogP contribution in [0.2, 0.25) is 0 Å². The van der Waals surface area contributed by atoms with Crippen LogP contribution in [-0.2, 0) is 17.8 Å². The molecule has 2 aromatic carbocycles. The maximum absolute atomic E-state index is 12.6. The smallest absolute Gasteiger partial charge is 0.254 e. The summed E-state index contributed by atoms with van der Waals surface area (Å²) in [5.41, 5.74) is 3.17. The summed E-state index contributed by atoms with van der Waals surface area (Å²) in [7, 11) is 0. The predicted molar refractivity (Wildman–Crippen MR) is 112 cm³/mol. The Labute approximate surface area is 165 Å². The molecule has 5 heteroatoms. The van der Waals surface area contributed by atoms with Gasteiger partial charge in [-0.2, -0.15) is 0 Å². The van der Waals surface area contributed by atoms with E-state index in [4.69, 9.17) is 0 Å². The SMILES string of the molecule is CCCCc1ccc(NC(=O)Cn2c(-c3ccccc3)nc(C)cc2=O)cc1. The van der Waals surface area contributed by atoms with E-state index in [1.54, 1.807) is 6.92 Å². The van der Waals surface area contributed by atoms with Crippen LogP contribution >= 0.6 is 0 Å². The number of carbonyl (C=O) groups excluding carboxylic acids is 1. The predicted octanol–water partition coefficient (Wildman–Crippen LogP) is 4.20. The molecular formula is C23H25N3O2.